The highest BCUT2D eigenvalue weighted by atomic mass is 15.2. The van der Waals surface area contributed by atoms with Crippen LogP contribution in [-0.4, -0.2) is 49.2 Å². The van der Waals surface area contributed by atoms with Gasteiger partial charge in [-0.05, 0) is 44.6 Å². The normalized spacial score (nSPS) is 38.2. The van der Waals surface area contributed by atoms with E-state index in [-0.39, 0.29) is 0 Å². The molecule has 1 aliphatic carbocycles. The number of hydrogen-bond donors (Lipinski definition) is 2. The van der Waals surface area contributed by atoms with Crippen LogP contribution < -0.4 is 10.6 Å². The Bertz CT molecular complexity index is 264. The van der Waals surface area contributed by atoms with E-state index in [0.717, 1.165) is 24.0 Å². The molecular formula is C15H29N3. The maximum Gasteiger partial charge on any atom is 0.0207 e. The molecule has 0 amide bonds. The van der Waals surface area contributed by atoms with Crippen molar-refractivity contribution in [2.75, 3.05) is 26.2 Å². The van der Waals surface area contributed by atoms with Gasteiger partial charge in [0.25, 0.3) is 0 Å². The summed E-state index contributed by atoms with van der Waals surface area (Å²) in [5, 5.41) is 7.48. The molecule has 0 aromatic carbocycles. The Morgan fingerprint density at radius 1 is 1.22 bits per heavy atom. The van der Waals surface area contributed by atoms with Crippen molar-refractivity contribution in [3.05, 3.63) is 0 Å². The molecule has 2 heterocycles. The number of hydrogen-bond acceptors (Lipinski definition) is 3. The van der Waals surface area contributed by atoms with E-state index in [1.54, 1.807) is 0 Å². The molecule has 3 unspecified atom stereocenters. The van der Waals surface area contributed by atoms with Gasteiger partial charge in [-0.3, -0.25) is 4.90 Å². The minimum atomic E-state index is 0.721. The number of piperidine rings is 1. The van der Waals surface area contributed by atoms with Gasteiger partial charge in [-0.15, -0.1) is 0 Å². The number of nitrogens with zero attached hydrogens (tertiary/aromatic N) is 1. The molecule has 2 saturated heterocycles. The van der Waals surface area contributed by atoms with Gasteiger partial charge in [-0.2, -0.15) is 0 Å². The molecule has 2 aliphatic heterocycles. The summed E-state index contributed by atoms with van der Waals surface area (Å²) < 4.78 is 0. The first kappa shape index (κ1) is 12.9. The molecule has 0 spiro atoms. The van der Waals surface area contributed by atoms with Crippen molar-refractivity contribution in [3.63, 3.8) is 0 Å². The zero-order valence-electron chi connectivity index (χ0n) is 11.8. The molecule has 3 heteroatoms. The third-order valence-electron chi connectivity index (χ3n) is 5.12. The average Bonchev–Trinajstić information content (AvgIpc) is 3.16. The lowest BCUT2D eigenvalue weighted by Crippen LogP contribution is -2.47. The fourth-order valence-corrected chi connectivity index (χ4v) is 3.66. The Hall–Kier alpha value is -0.120. The Labute approximate surface area is 112 Å². The second kappa shape index (κ2) is 5.89. The van der Waals surface area contributed by atoms with Crippen molar-refractivity contribution in [1.82, 2.24) is 15.5 Å². The van der Waals surface area contributed by atoms with E-state index in [2.05, 4.69) is 22.5 Å². The predicted octanol–water partition coefficient (Wildman–Crippen LogP) is 1.59. The van der Waals surface area contributed by atoms with Crippen molar-refractivity contribution in [1.29, 1.82) is 0 Å². The van der Waals surface area contributed by atoms with Gasteiger partial charge in [0, 0.05) is 37.8 Å². The summed E-state index contributed by atoms with van der Waals surface area (Å²) in [6.07, 6.45) is 8.39. The van der Waals surface area contributed by atoms with Gasteiger partial charge in [0.2, 0.25) is 0 Å². The van der Waals surface area contributed by atoms with Crippen molar-refractivity contribution < 1.29 is 0 Å². The highest BCUT2D eigenvalue weighted by Gasteiger charge is 2.34. The first-order valence-corrected chi connectivity index (χ1v) is 8.06. The number of likely N-dealkylation sites (tertiary alicyclic amines) is 1. The molecule has 104 valence electrons. The fraction of sp³-hybridized carbons (Fsp3) is 1.00. The van der Waals surface area contributed by atoms with Gasteiger partial charge in [0.1, 0.15) is 0 Å². The van der Waals surface area contributed by atoms with Crippen LogP contribution in [0.25, 0.3) is 0 Å². The standard InChI is InChI=1S/C15H29N3/c1-2-12-5-7-16-14(9-12)10-17-13-6-8-18(11-13)15-3-4-15/h12-17H,2-11H2,1H3. The van der Waals surface area contributed by atoms with E-state index in [1.807, 2.05) is 0 Å². The summed E-state index contributed by atoms with van der Waals surface area (Å²) in [6.45, 7) is 7.38. The molecule has 0 bridgehead atoms. The predicted molar refractivity (Wildman–Crippen MR) is 75.8 cm³/mol. The molecule has 3 atom stereocenters. The summed E-state index contributed by atoms with van der Waals surface area (Å²) >= 11 is 0. The topological polar surface area (TPSA) is 27.3 Å². The van der Waals surface area contributed by atoms with E-state index in [1.165, 1.54) is 64.7 Å². The summed E-state index contributed by atoms with van der Waals surface area (Å²) in [4.78, 5) is 2.70. The van der Waals surface area contributed by atoms with Crippen LogP contribution in [-0.2, 0) is 0 Å². The maximum atomic E-state index is 3.80. The van der Waals surface area contributed by atoms with Crippen molar-refractivity contribution in [2.24, 2.45) is 5.92 Å². The van der Waals surface area contributed by atoms with Gasteiger partial charge < -0.3 is 10.6 Å². The summed E-state index contributed by atoms with van der Waals surface area (Å²) in [6, 6.07) is 2.43. The smallest absolute Gasteiger partial charge is 0.0207 e. The Balaban J connectivity index is 1.36. The third kappa shape index (κ3) is 3.25. The van der Waals surface area contributed by atoms with Crippen LogP contribution >= 0.6 is 0 Å². The molecular weight excluding hydrogens is 222 g/mol. The van der Waals surface area contributed by atoms with Gasteiger partial charge >= 0.3 is 0 Å². The van der Waals surface area contributed by atoms with Crippen LogP contribution in [0.15, 0.2) is 0 Å². The fourth-order valence-electron chi connectivity index (χ4n) is 3.66. The van der Waals surface area contributed by atoms with E-state index >= 15 is 0 Å². The summed E-state index contributed by atoms with van der Waals surface area (Å²) in [5.74, 6) is 0.963. The first-order valence-electron chi connectivity index (χ1n) is 8.06. The minimum Gasteiger partial charge on any atom is -0.313 e. The van der Waals surface area contributed by atoms with Crippen LogP contribution in [0.1, 0.15) is 45.4 Å². The zero-order chi connectivity index (χ0) is 12.4. The van der Waals surface area contributed by atoms with Crippen LogP contribution in [0, 0.1) is 5.92 Å². The summed E-state index contributed by atoms with van der Waals surface area (Å²) in [7, 11) is 0. The van der Waals surface area contributed by atoms with Crippen LogP contribution in [0.4, 0.5) is 0 Å². The SMILES string of the molecule is CCC1CCNC(CNC2CCN(C3CC3)C2)C1. The van der Waals surface area contributed by atoms with Crippen molar-refractivity contribution in [2.45, 2.75) is 63.6 Å². The zero-order valence-corrected chi connectivity index (χ0v) is 11.8. The van der Waals surface area contributed by atoms with E-state index in [4.69, 9.17) is 0 Å². The Kier molecular flexibility index (Phi) is 4.22. The van der Waals surface area contributed by atoms with Gasteiger partial charge in [0.05, 0.1) is 0 Å². The summed E-state index contributed by atoms with van der Waals surface area (Å²) in [5.41, 5.74) is 0. The Morgan fingerprint density at radius 2 is 2.11 bits per heavy atom. The highest BCUT2D eigenvalue weighted by molar-refractivity contribution is 4.92. The van der Waals surface area contributed by atoms with Gasteiger partial charge in [-0.1, -0.05) is 13.3 Å². The second-order valence-corrected chi connectivity index (χ2v) is 6.57. The molecule has 0 aromatic rings. The van der Waals surface area contributed by atoms with E-state index in [9.17, 15) is 0 Å². The maximum absolute atomic E-state index is 3.80. The van der Waals surface area contributed by atoms with E-state index in [0.29, 0.717) is 0 Å². The van der Waals surface area contributed by atoms with Gasteiger partial charge in [-0.25, -0.2) is 0 Å². The van der Waals surface area contributed by atoms with Crippen molar-refractivity contribution >= 4 is 0 Å². The molecule has 0 aromatic heterocycles. The molecule has 3 aliphatic rings. The lowest BCUT2D eigenvalue weighted by atomic mass is 9.90. The molecule has 1 saturated carbocycles. The molecule has 18 heavy (non-hydrogen) atoms. The third-order valence-corrected chi connectivity index (χ3v) is 5.12. The van der Waals surface area contributed by atoms with Crippen LogP contribution in [0.3, 0.4) is 0 Å². The second-order valence-electron chi connectivity index (χ2n) is 6.57. The Morgan fingerprint density at radius 3 is 2.89 bits per heavy atom. The van der Waals surface area contributed by atoms with Crippen LogP contribution in [0.5, 0.6) is 0 Å². The highest BCUT2D eigenvalue weighted by Crippen LogP contribution is 2.29. The molecule has 0 radical (unpaired) electrons. The number of nitrogens with one attached hydrogen (secondary N) is 2. The monoisotopic (exact) mass is 251 g/mol. The molecule has 3 rings (SSSR count). The lowest BCUT2D eigenvalue weighted by molar-refractivity contribution is 0.277. The van der Waals surface area contributed by atoms with Crippen LogP contribution in [0.2, 0.25) is 0 Å². The van der Waals surface area contributed by atoms with Crippen molar-refractivity contribution in [3.8, 4) is 0 Å². The van der Waals surface area contributed by atoms with E-state index < -0.39 is 0 Å². The largest absolute Gasteiger partial charge is 0.313 e. The molecule has 3 nitrogen and oxygen atoms in total. The molecule has 3 fully saturated rings. The lowest BCUT2D eigenvalue weighted by Gasteiger charge is -2.30. The first-order chi connectivity index (χ1) is 8.85. The quantitative estimate of drug-likeness (QED) is 0.777. The average molecular weight is 251 g/mol. The minimum absolute atomic E-state index is 0.721. The van der Waals surface area contributed by atoms with Gasteiger partial charge in [0.15, 0.2) is 0 Å². The number of rotatable bonds is 5. The molecule has 2 N–H and O–H groups in total.